The van der Waals surface area contributed by atoms with E-state index in [0.717, 1.165) is 12.1 Å². The number of ether oxygens (including phenoxy) is 1. The predicted molar refractivity (Wildman–Crippen MR) is 65.6 cm³/mol. The van der Waals surface area contributed by atoms with Crippen molar-refractivity contribution in [3.05, 3.63) is 42.0 Å². The largest absolute Gasteiger partial charge is 0.480 e. The Morgan fingerprint density at radius 3 is 2.21 bits per heavy atom. The molecule has 2 aromatic rings. The van der Waals surface area contributed by atoms with E-state index in [0.29, 0.717) is 16.9 Å². The van der Waals surface area contributed by atoms with Crippen LogP contribution in [0, 0.1) is 0 Å². The molecule has 0 spiro atoms. The van der Waals surface area contributed by atoms with Gasteiger partial charge < -0.3 is 10.5 Å². The van der Waals surface area contributed by atoms with Gasteiger partial charge in [0.25, 0.3) is 0 Å². The van der Waals surface area contributed by atoms with E-state index in [1.807, 2.05) is 0 Å². The number of alkyl halides is 3. The highest BCUT2D eigenvalue weighted by molar-refractivity contribution is 5.63. The first-order chi connectivity index (χ1) is 8.91. The number of anilines is 1. The molecule has 19 heavy (non-hydrogen) atoms. The number of pyridine rings is 1. The monoisotopic (exact) mass is 268 g/mol. The van der Waals surface area contributed by atoms with E-state index in [9.17, 15) is 13.2 Å². The van der Waals surface area contributed by atoms with Crippen molar-refractivity contribution >= 4 is 5.69 Å². The van der Waals surface area contributed by atoms with Gasteiger partial charge in [-0.3, -0.25) is 0 Å². The summed E-state index contributed by atoms with van der Waals surface area (Å²) in [6.07, 6.45) is -4.34. The second-order valence-corrected chi connectivity index (χ2v) is 3.87. The Hall–Kier alpha value is -2.24. The number of nitrogens with two attached hydrogens (primary N) is 1. The first kappa shape index (κ1) is 13.2. The molecular weight excluding hydrogens is 257 g/mol. The van der Waals surface area contributed by atoms with Crippen LogP contribution in [0.2, 0.25) is 0 Å². The summed E-state index contributed by atoms with van der Waals surface area (Å²) in [4.78, 5) is 4.12. The zero-order valence-electron chi connectivity index (χ0n) is 10.0. The average Bonchev–Trinajstić information content (AvgIpc) is 2.38. The highest BCUT2D eigenvalue weighted by Crippen LogP contribution is 2.31. The van der Waals surface area contributed by atoms with Gasteiger partial charge in [0.15, 0.2) is 0 Å². The Morgan fingerprint density at radius 1 is 1.05 bits per heavy atom. The van der Waals surface area contributed by atoms with Crippen LogP contribution in [0.5, 0.6) is 5.88 Å². The summed E-state index contributed by atoms with van der Waals surface area (Å²) in [7, 11) is 1.43. The van der Waals surface area contributed by atoms with Crippen LogP contribution in [0.25, 0.3) is 11.3 Å². The van der Waals surface area contributed by atoms with Crippen LogP contribution in [0.4, 0.5) is 18.9 Å². The fourth-order valence-electron chi connectivity index (χ4n) is 1.61. The Morgan fingerprint density at radius 2 is 1.68 bits per heavy atom. The second-order valence-electron chi connectivity index (χ2n) is 3.87. The number of nitrogen functional groups attached to an aromatic ring is 1. The van der Waals surface area contributed by atoms with E-state index in [2.05, 4.69) is 4.98 Å². The molecule has 1 aromatic carbocycles. The Labute approximate surface area is 107 Å². The third kappa shape index (κ3) is 2.78. The van der Waals surface area contributed by atoms with E-state index in [4.69, 9.17) is 10.5 Å². The molecule has 0 radical (unpaired) electrons. The lowest BCUT2D eigenvalue weighted by molar-refractivity contribution is -0.137. The predicted octanol–water partition coefficient (Wildman–Crippen LogP) is 3.36. The standard InChI is InChI=1S/C13H11F3N2O/c1-19-12-10(17)6-7-11(18-12)8-2-4-9(5-3-8)13(14,15)16/h2-7H,17H2,1H3. The van der Waals surface area contributed by atoms with Crippen LogP contribution >= 0.6 is 0 Å². The minimum atomic E-state index is -4.34. The molecule has 2 N–H and O–H groups in total. The highest BCUT2D eigenvalue weighted by Gasteiger charge is 2.30. The molecule has 1 aromatic heterocycles. The molecule has 0 aliphatic heterocycles. The van der Waals surface area contributed by atoms with Crippen molar-refractivity contribution in [2.75, 3.05) is 12.8 Å². The zero-order chi connectivity index (χ0) is 14.0. The number of aromatic nitrogens is 1. The number of nitrogens with zero attached hydrogens (tertiary/aromatic N) is 1. The smallest absolute Gasteiger partial charge is 0.416 e. The zero-order valence-corrected chi connectivity index (χ0v) is 10.0. The van der Waals surface area contributed by atoms with Crippen LogP contribution in [0.15, 0.2) is 36.4 Å². The van der Waals surface area contributed by atoms with Gasteiger partial charge in [-0.05, 0) is 24.3 Å². The fourth-order valence-corrected chi connectivity index (χ4v) is 1.61. The fraction of sp³-hybridized carbons (Fsp3) is 0.154. The van der Waals surface area contributed by atoms with Gasteiger partial charge in [0.05, 0.1) is 24.1 Å². The molecule has 0 aliphatic rings. The normalized spacial score (nSPS) is 11.4. The maximum Gasteiger partial charge on any atom is 0.416 e. The summed E-state index contributed by atoms with van der Waals surface area (Å²) in [6.45, 7) is 0. The van der Waals surface area contributed by atoms with Crippen LogP contribution in [0.1, 0.15) is 5.56 Å². The third-order valence-electron chi connectivity index (χ3n) is 2.59. The molecule has 0 saturated heterocycles. The minimum Gasteiger partial charge on any atom is -0.480 e. The second kappa shape index (κ2) is 4.79. The molecule has 0 amide bonds. The molecule has 100 valence electrons. The topological polar surface area (TPSA) is 48.1 Å². The summed E-state index contributed by atoms with van der Waals surface area (Å²) in [5.41, 5.74) is 6.36. The van der Waals surface area contributed by atoms with Crippen molar-refractivity contribution in [2.45, 2.75) is 6.18 Å². The number of methoxy groups -OCH3 is 1. The number of benzene rings is 1. The van der Waals surface area contributed by atoms with Gasteiger partial charge in [-0.2, -0.15) is 13.2 Å². The minimum absolute atomic E-state index is 0.248. The van der Waals surface area contributed by atoms with E-state index in [-0.39, 0.29) is 5.88 Å². The summed E-state index contributed by atoms with van der Waals surface area (Å²) in [5.74, 6) is 0.248. The molecule has 1 heterocycles. The molecule has 0 atom stereocenters. The van der Waals surface area contributed by atoms with Crippen LogP contribution in [-0.2, 0) is 6.18 Å². The van der Waals surface area contributed by atoms with Gasteiger partial charge in [0.1, 0.15) is 0 Å². The van der Waals surface area contributed by atoms with E-state index < -0.39 is 11.7 Å². The molecule has 0 fully saturated rings. The van der Waals surface area contributed by atoms with Gasteiger partial charge >= 0.3 is 6.18 Å². The van der Waals surface area contributed by atoms with E-state index >= 15 is 0 Å². The summed E-state index contributed by atoms with van der Waals surface area (Å²) in [5, 5.41) is 0. The van der Waals surface area contributed by atoms with Crippen molar-refractivity contribution in [1.82, 2.24) is 4.98 Å². The molecular formula is C13H11F3N2O. The van der Waals surface area contributed by atoms with Gasteiger partial charge in [-0.25, -0.2) is 4.98 Å². The summed E-state index contributed by atoms with van der Waals surface area (Å²) in [6, 6.07) is 7.97. The van der Waals surface area contributed by atoms with Crippen LogP contribution in [-0.4, -0.2) is 12.1 Å². The van der Waals surface area contributed by atoms with Gasteiger partial charge in [-0.1, -0.05) is 12.1 Å². The van der Waals surface area contributed by atoms with Gasteiger partial charge in [-0.15, -0.1) is 0 Å². The SMILES string of the molecule is COc1nc(-c2ccc(C(F)(F)F)cc2)ccc1N. The molecule has 3 nitrogen and oxygen atoms in total. The van der Waals surface area contributed by atoms with Crippen LogP contribution in [0.3, 0.4) is 0 Å². The van der Waals surface area contributed by atoms with Crippen molar-refractivity contribution in [2.24, 2.45) is 0 Å². The lowest BCUT2D eigenvalue weighted by Crippen LogP contribution is -2.04. The molecule has 2 rings (SSSR count). The van der Waals surface area contributed by atoms with Crippen molar-refractivity contribution < 1.29 is 17.9 Å². The van der Waals surface area contributed by atoms with Crippen molar-refractivity contribution in [3.8, 4) is 17.1 Å². The van der Waals surface area contributed by atoms with E-state index in [1.165, 1.54) is 19.2 Å². The first-order valence-corrected chi connectivity index (χ1v) is 5.40. The average molecular weight is 268 g/mol. The summed E-state index contributed by atoms with van der Waals surface area (Å²) >= 11 is 0. The Kier molecular flexibility index (Phi) is 3.33. The number of rotatable bonds is 2. The number of hydrogen-bond donors (Lipinski definition) is 1. The number of hydrogen-bond acceptors (Lipinski definition) is 3. The molecule has 0 unspecified atom stereocenters. The Balaban J connectivity index is 2.37. The van der Waals surface area contributed by atoms with Crippen molar-refractivity contribution in [3.63, 3.8) is 0 Å². The van der Waals surface area contributed by atoms with Gasteiger partial charge in [0, 0.05) is 5.56 Å². The lowest BCUT2D eigenvalue weighted by Gasteiger charge is -2.09. The maximum atomic E-state index is 12.4. The quantitative estimate of drug-likeness (QED) is 0.908. The molecule has 0 saturated carbocycles. The highest BCUT2D eigenvalue weighted by atomic mass is 19.4. The van der Waals surface area contributed by atoms with Crippen LogP contribution < -0.4 is 10.5 Å². The Bertz CT molecular complexity index is 579. The number of halogens is 3. The van der Waals surface area contributed by atoms with Crippen molar-refractivity contribution in [1.29, 1.82) is 0 Å². The van der Waals surface area contributed by atoms with Gasteiger partial charge in [0.2, 0.25) is 5.88 Å². The van der Waals surface area contributed by atoms with E-state index in [1.54, 1.807) is 12.1 Å². The maximum absolute atomic E-state index is 12.4. The molecule has 0 aliphatic carbocycles. The third-order valence-corrected chi connectivity index (χ3v) is 2.59. The summed E-state index contributed by atoms with van der Waals surface area (Å²) < 4.78 is 42.3. The molecule has 6 heteroatoms. The first-order valence-electron chi connectivity index (χ1n) is 5.40. The molecule has 0 bridgehead atoms. The lowest BCUT2D eigenvalue weighted by atomic mass is 10.1.